The molecule has 0 saturated heterocycles. The molecular weight excluding hydrogens is 464 g/mol. The molecule has 9 heteroatoms. The van der Waals surface area contributed by atoms with Crippen LogP contribution in [0.2, 0.25) is 0 Å². The molecule has 1 aromatic rings. The van der Waals surface area contributed by atoms with Crippen molar-refractivity contribution in [2.24, 2.45) is 5.10 Å². The van der Waals surface area contributed by atoms with Crippen LogP contribution in [0.1, 0.15) is 42.4 Å². The monoisotopic (exact) mass is 493 g/mol. The van der Waals surface area contributed by atoms with E-state index in [0.717, 1.165) is 11.1 Å². The number of halogens is 2. The number of hydrazone groups is 1. The number of hydrogen-bond acceptors (Lipinski definition) is 6. The quantitative estimate of drug-likeness (QED) is 0.601. The number of fused-ring (bicyclic) bond motifs is 2. The van der Waals surface area contributed by atoms with Crippen LogP contribution >= 0.6 is 0 Å². The van der Waals surface area contributed by atoms with Gasteiger partial charge in [-0.15, -0.1) is 0 Å². The number of nitrogens with zero attached hydrogens (tertiary/aromatic N) is 3. The van der Waals surface area contributed by atoms with Crippen LogP contribution in [0.15, 0.2) is 46.4 Å². The maximum Gasteiger partial charge on any atom is 0.224 e. The van der Waals surface area contributed by atoms with Crippen molar-refractivity contribution in [3.63, 3.8) is 0 Å². The van der Waals surface area contributed by atoms with Gasteiger partial charge in [-0.2, -0.15) is 5.10 Å². The highest BCUT2D eigenvalue weighted by Crippen LogP contribution is 2.41. The molecule has 1 atom stereocenters. The van der Waals surface area contributed by atoms with E-state index in [1.165, 1.54) is 6.07 Å². The summed E-state index contributed by atoms with van der Waals surface area (Å²) in [6.07, 6.45) is 9.41. The van der Waals surface area contributed by atoms with Gasteiger partial charge in [0.25, 0.3) is 0 Å². The van der Waals surface area contributed by atoms with Gasteiger partial charge < -0.3 is 20.2 Å². The summed E-state index contributed by atoms with van der Waals surface area (Å²) in [5.74, 6) is -1.70. The van der Waals surface area contributed by atoms with Gasteiger partial charge >= 0.3 is 0 Å². The van der Waals surface area contributed by atoms with E-state index in [4.69, 9.17) is 0 Å². The van der Waals surface area contributed by atoms with E-state index in [2.05, 4.69) is 21.9 Å². The fraction of sp³-hybridized carbons (Fsp3) is 0.407. The summed E-state index contributed by atoms with van der Waals surface area (Å²) in [6.45, 7) is 1.19. The molecule has 0 radical (unpaired) electrons. The fourth-order valence-corrected chi connectivity index (χ4v) is 5.76. The van der Waals surface area contributed by atoms with Crippen molar-refractivity contribution in [2.75, 3.05) is 27.2 Å². The Morgan fingerprint density at radius 2 is 2.08 bits per heavy atom. The minimum atomic E-state index is -0.880. The second kappa shape index (κ2) is 8.67. The lowest BCUT2D eigenvalue weighted by molar-refractivity contribution is -0.136. The normalized spacial score (nSPS) is 26.2. The molecule has 188 valence electrons. The van der Waals surface area contributed by atoms with Crippen LogP contribution in [0.4, 0.5) is 8.78 Å². The zero-order valence-electron chi connectivity index (χ0n) is 20.3. The molecule has 5 aliphatic rings. The average Bonchev–Trinajstić information content (AvgIpc) is 3.15. The van der Waals surface area contributed by atoms with Gasteiger partial charge in [0.2, 0.25) is 5.91 Å². The minimum Gasteiger partial charge on any atom is -0.393 e. The number of hydrogen-bond donors (Lipinski definition) is 3. The first-order valence-electron chi connectivity index (χ1n) is 12.4. The Balaban J connectivity index is 1.31. The number of benzene rings is 1. The summed E-state index contributed by atoms with van der Waals surface area (Å²) >= 11 is 0. The standard InChI is InChI=1S/C27H29F2N5O2/c1-33-12-19(14-5-6-30-16(7-14)9-23(36)34(2)17-10-18(35)11-17)27-20(13-33)25-24-15(8-21(28)26(25)29)3-4-22(24)31-32-27/h3-5,8,13,16-18,30,32,35H,6-7,9-12H2,1-2H3. The molecule has 7 nitrogen and oxygen atoms in total. The number of carbonyl (C=O) groups is 1. The zero-order valence-corrected chi connectivity index (χ0v) is 20.3. The van der Waals surface area contributed by atoms with E-state index in [0.29, 0.717) is 66.9 Å². The smallest absolute Gasteiger partial charge is 0.224 e. The van der Waals surface area contributed by atoms with Crippen LogP contribution < -0.4 is 10.7 Å². The summed E-state index contributed by atoms with van der Waals surface area (Å²) in [5, 5.41) is 17.5. The molecule has 1 unspecified atom stereocenters. The van der Waals surface area contributed by atoms with E-state index in [-0.39, 0.29) is 29.7 Å². The van der Waals surface area contributed by atoms with Gasteiger partial charge in [-0.3, -0.25) is 10.2 Å². The van der Waals surface area contributed by atoms with E-state index in [9.17, 15) is 14.3 Å². The Bertz CT molecular complexity index is 1310. The third-order valence-electron chi connectivity index (χ3n) is 7.87. The van der Waals surface area contributed by atoms with E-state index in [1.54, 1.807) is 24.1 Å². The largest absolute Gasteiger partial charge is 0.393 e. The lowest BCUT2D eigenvalue weighted by Gasteiger charge is -2.39. The Kier molecular flexibility index (Phi) is 5.57. The van der Waals surface area contributed by atoms with Crippen molar-refractivity contribution < 1.29 is 18.7 Å². The first-order valence-corrected chi connectivity index (χ1v) is 12.4. The topological polar surface area (TPSA) is 80.2 Å². The fourth-order valence-electron chi connectivity index (χ4n) is 5.76. The second-order valence-electron chi connectivity index (χ2n) is 10.3. The van der Waals surface area contributed by atoms with Crippen LogP contribution in [0.25, 0.3) is 11.6 Å². The van der Waals surface area contributed by atoms with Crippen molar-refractivity contribution in [1.82, 2.24) is 20.5 Å². The number of aliphatic hydroxyl groups is 1. The number of allylic oxidation sites excluding steroid dienone is 2. The van der Waals surface area contributed by atoms with Gasteiger partial charge in [0.05, 0.1) is 17.5 Å². The number of likely N-dealkylation sites (N-methyl/N-ethyl adjacent to an activating group) is 1. The highest BCUT2D eigenvalue weighted by Gasteiger charge is 2.36. The summed E-state index contributed by atoms with van der Waals surface area (Å²) in [4.78, 5) is 16.6. The van der Waals surface area contributed by atoms with Crippen LogP contribution in [0.5, 0.6) is 0 Å². The average molecular weight is 494 g/mol. The summed E-state index contributed by atoms with van der Waals surface area (Å²) in [7, 11) is 3.72. The molecule has 2 aliphatic carbocycles. The molecule has 1 amide bonds. The molecule has 1 fully saturated rings. The van der Waals surface area contributed by atoms with Crippen LogP contribution in [0.3, 0.4) is 0 Å². The number of nitrogens with one attached hydrogen (secondary N) is 2. The summed E-state index contributed by atoms with van der Waals surface area (Å²) in [5.41, 5.74) is 8.46. The van der Waals surface area contributed by atoms with Crippen molar-refractivity contribution in [1.29, 1.82) is 0 Å². The molecule has 6 rings (SSSR count). The first kappa shape index (κ1) is 23.1. The third-order valence-corrected chi connectivity index (χ3v) is 7.87. The maximum absolute atomic E-state index is 15.3. The number of rotatable bonds is 4. The highest BCUT2D eigenvalue weighted by molar-refractivity contribution is 6.20. The van der Waals surface area contributed by atoms with Crippen molar-refractivity contribution in [3.8, 4) is 0 Å². The van der Waals surface area contributed by atoms with Crippen LogP contribution in [-0.2, 0) is 4.79 Å². The minimum absolute atomic E-state index is 0.0440. The molecular formula is C27H29F2N5O2. The maximum atomic E-state index is 15.3. The van der Waals surface area contributed by atoms with Gasteiger partial charge in [-0.1, -0.05) is 12.2 Å². The molecule has 0 spiro atoms. The van der Waals surface area contributed by atoms with Crippen LogP contribution in [-0.4, -0.2) is 71.9 Å². The Hall–Kier alpha value is -3.30. The predicted molar refractivity (Wildman–Crippen MR) is 134 cm³/mol. The molecule has 0 bridgehead atoms. The van der Waals surface area contributed by atoms with Gasteiger partial charge in [0.15, 0.2) is 11.6 Å². The van der Waals surface area contributed by atoms with Gasteiger partial charge in [0.1, 0.15) is 0 Å². The van der Waals surface area contributed by atoms with Crippen molar-refractivity contribution in [3.05, 3.63) is 69.6 Å². The Morgan fingerprint density at radius 1 is 1.28 bits per heavy atom. The van der Waals surface area contributed by atoms with Crippen LogP contribution in [0, 0.1) is 11.6 Å². The predicted octanol–water partition coefficient (Wildman–Crippen LogP) is 2.50. The van der Waals surface area contributed by atoms with E-state index < -0.39 is 11.6 Å². The van der Waals surface area contributed by atoms with E-state index in [1.807, 2.05) is 18.1 Å². The SMILES string of the molecule is CN1C=C2C(=C(C3=CCNC(CC(=O)N(C)C4CC(O)C4)C3)C1)NN=C1C=Cc3cc(F)c(F)c2c31. The number of aliphatic hydroxyl groups excluding tert-OH is 1. The molecule has 36 heavy (non-hydrogen) atoms. The first-order chi connectivity index (χ1) is 17.3. The van der Waals surface area contributed by atoms with Crippen molar-refractivity contribution in [2.45, 2.75) is 43.9 Å². The Labute approximate surface area is 208 Å². The summed E-state index contributed by atoms with van der Waals surface area (Å²) in [6, 6.07) is 1.28. The Morgan fingerprint density at radius 3 is 2.86 bits per heavy atom. The van der Waals surface area contributed by atoms with Gasteiger partial charge in [-0.25, -0.2) is 8.78 Å². The summed E-state index contributed by atoms with van der Waals surface area (Å²) < 4.78 is 29.8. The second-order valence-corrected chi connectivity index (χ2v) is 10.3. The molecule has 3 N–H and O–H groups in total. The lowest BCUT2D eigenvalue weighted by atomic mass is 9.85. The molecule has 1 saturated carbocycles. The number of carbonyl (C=O) groups excluding carboxylic acids is 1. The zero-order chi connectivity index (χ0) is 25.1. The third kappa shape index (κ3) is 3.77. The molecule has 0 aromatic heterocycles. The molecule has 3 heterocycles. The lowest BCUT2D eigenvalue weighted by Crippen LogP contribution is -2.49. The van der Waals surface area contributed by atoms with Gasteiger partial charge in [0, 0.05) is 74.2 Å². The number of amides is 1. The molecule has 3 aliphatic heterocycles. The van der Waals surface area contributed by atoms with Gasteiger partial charge in [-0.05, 0) is 42.5 Å². The van der Waals surface area contributed by atoms with Crippen molar-refractivity contribution >= 4 is 23.3 Å². The molecule has 1 aromatic carbocycles. The van der Waals surface area contributed by atoms with E-state index >= 15 is 4.39 Å². The highest BCUT2D eigenvalue weighted by atomic mass is 19.2.